The molecule has 4 nitrogen and oxygen atoms in total. The van der Waals surface area contributed by atoms with Gasteiger partial charge < -0.3 is 10.2 Å². The van der Waals surface area contributed by atoms with E-state index < -0.39 is 18.4 Å². The molecule has 16 heavy (non-hydrogen) atoms. The molecule has 0 rings (SSSR count). The summed E-state index contributed by atoms with van der Waals surface area (Å²) in [5.41, 5.74) is 0. The van der Waals surface area contributed by atoms with E-state index in [1.165, 1.54) is 25.7 Å². The van der Waals surface area contributed by atoms with Crippen molar-refractivity contribution in [3.63, 3.8) is 0 Å². The quantitative estimate of drug-likeness (QED) is 0.406. The van der Waals surface area contributed by atoms with Crippen LogP contribution in [0.15, 0.2) is 0 Å². The summed E-state index contributed by atoms with van der Waals surface area (Å²) < 4.78 is 3.25. The Balaban J connectivity index is 0. The van der Waals surface area contributed by atoms with Gasteiger partial charge in [0.15, 0.2) is 0 Å². The van der Waals surface area contributed by atoms with Gasteiger partial charge in [-0.3, -0.25) is 9.59 Å². The van der Waals surface area contributed by atoms with Crippen molar-refractivity contribution < 1.29 is 19.8 Å². The first-order valence-corrected chi connectivity index (χ1v) is 9.72. The van der Waals surface area contributed by atoms with Crippen LogP contribution in [-0.4, -0.2) is 43.3 Å². The molecule has 0 aromatic heterocycles. The predicted octanol–water partition coefficient (Wildman–Crippen LogP) is 2.67. The van der Waals surface area contributed by atoms with Crippen LogP contribution in [-0.2, 0) is 9.59 Å². The minimum Gasteiger partial charge on any atom is -0.481 e. The minimum atomic E-state index is -1.31. The van der Waals surface area contributed by atoms with Gasteiger partial charge in [-0.2, -0.15) is 0 Å². The van der Waals surface area contributed by atoms with Crippen LogP contribution in [0.2, 0.25) is 8.87 Å². The molecule has 0 saturated heterocycles. The van der Waals surface area contributed by atoms with Crippen LogP contribution < -0.4 is 0 Å². The second-order valence-corrected chi connectivity index (χ2v) is 7.70. The number of carbonyl (C=O) groups is 2. The number of hydrogen-bond donors (Lipinski definition) is 2. The predicted molar refractivity (Wildman–Crippen MR) is 65.1 cm³/mol. The zero-order valence-corrected chi connectivity index (χ0v) is 13.0. The van der Waals surface area contributed by atoms with Gasteiger partial charge in [-0.1, -0.05) is 0 Å². The number of unbranched alkanes of at least 4 members (excludes halogenated alkanes) is 2. The fourth-order valence-electron chi connectivity index (χ4n) is 0.858. The maximum atomic E-state index is 9.43. The SMILES string of the molecule is CCC[CH2][Sn][CH2]CCC.O=C(O)CC(=O)O. The summed E-state index contributed by atoms with van der Waals surface area (Å²) in [6.07, 6.45) is 5.03. The summed E-state index contributed by atoms with van der Waals surface area (Å²) >= 11 is 0.149. The maximum absolute atomic E-state index is 9.43. The van der Waals surface area contributed by atoms with Gasteiger partial charge in [-0.15, -0.1) is 0 Å². The molecule has 0 fully saturated rings. The molecule has 0 unspecified atom stereocenters. The molecule has 0 aliphatic carbocycles. The molecule has 0 aromatic carbocycles. The summed E-state index contributed by atoms with van der Waals surface area (Å²) in [6.45, 7) is 4.58. The molecule has 0 aliphatic heterocycles. The molecule has 2 radical (unpaired) electrons. The zero-order valence-electron chi connectivity index (χ0n) is 10.2. The number of carboxylic acids is 2. The molecular formula is C11H22O4Sn. The average molecular weight is 337 g/mol. The fraction of sp³-hybridized carbons (Fsp3) is 0.818. The van der Waals surface area contributed by atoms with Crippen LogP contribution >= 0.6 is 0 Å². The van der Waals surface area contributed by atoms with E-state index >= 15 is 0 Å². The fourth-order valence-corrected chi connectivity index (χ4v) is 5.02. The van der Waals surface area contributed by atoms with Crippen molar-refractivity contribution in [2.45, 2.75) is 54.8 Å². The first-order valence-electron chi connectivity index (χ1n) is 5.68. The molecule has 0 aliphatic rings. The van der Waals surface area contributed by atoms with Crippen molar-refractivity contribution in [1.29, 1.82) is 0 Å². The molecule has 0 aromatic rings. The Labute approximate surface area is 108 Å². The first-order chi connectivity index (χ1) is 7.54. The Kier molecular flexibility index (Phi) is 16.7. The average Bonchev–Trinajstić information content (AvgIpc) is 2.16. The van der Waals surface area contributed by atoms with Gasteiger partial charge in [0.1, 0.15) is 6.42 Å². The Bertz CT molecular complexity index is 165. The van der Waals surface area contributed by atoms with Crippen LogP contribution in [0, 0.1) is 0 Å². The van der Waals surface area contributed by atoms with E-state index in [0.717, 1.165) is 0 Å². The van der Waals surface area contributed by atoms with Gasteiger partial charge in [0.25, 0.3) is 0 Å². The van der Waals surface area contributed by atoms with Crippen LogP contribution in [0.4, 0.5) is 0 Å². The largest absolute Gasteiger partial charge is 0.481 e. The van der Waals surface area contributed by atoms with Crippen LogP contribution in [0.25, 0.3) is 0 Å². The second-order valence-electron chi connectivity index (χ2n) is 3.42. The summed E-state index contributed by atoms with van der Waals surface area (Å²) in [7, 11) is 0. The molecule has 0 bridgehead atoms. The monoisotopic (exact) mass is 338 g/mol. The molecule has 0 spiro atoms. The van der Waals surface area contributed by atoms with Crippen molar-refractivity contribution in [3.05, 3.63) is 0 Å². The van der Waals surface area contributed by atoms with Crippen molar-refractivity contribution in [1.82, 2.24) is 0 Å². The Morgan fingerprint density at radius 2 is 1.31 bits per heavy atom. The molecule has 2 N–H and O–H groups in total. The third-order valence-corrected chi connectivity index (χ3v) is 5.75. The van der Waals surface area contributed by atoms with Crippen molar-refractivity contribution in [3.8, 4) is 0 Å². The van der Waals surface area contributed by atoms with Gasteiger partial charge in [-0.25, -0.2) is 0 Å². The van der Waals surface area contributed by atoms with Crippen LogP contribution in [0.5, 0.6) is 0 Å². The molecule has 5 heteroatoms. The maximum Gasteiger partial charge on any atom is 0.314 e. The molecule has 0 heterocycles. The van der Waals surface area contributed by atoms with Gasteiger partial charge in [-0.05, 0) is 0 Å². The second kappa shape index (κ2) is 14.7. The number of hydrogen-bond acceptors (Lipinski definition) is 2. The van der Waals surface area contributed by atoms with E-state index in [4.69, 9.17) is 10.2 Å². The Morgan fingerprint density at radius 1 is 0.938 bits per heavy atom. The molecule has 0 amide bonds. The van der Waals surface area contributed by atoms with E-state index in [9.17, 15) is 9.59 Å². The van der Waals surface area contributed by atoms with Gasteiger partial charge >= 0.3 is 81.5 Å². The van der Waals surface area contributed by atoms with E-state index in [1.54, 1.807) is 8.87 Å². The van der Waals surface area contributed by atoms with Crippen molar-refractivity contribution in [2.75, 3.05) is 0 Å². The topological polar surface area (TPSA) is 74.6 Å². The summed E-state index contributed by atoms with van der Waals surface area (Å²) in [6, 6.07) is 0. The third kappa shape index (κ3) is 23.5. The number of rotatable bonds is 8. The summed E-state index contributed by atoms with van der Waals surface area (Å²) in [5, 5.41) is 15.4. The standard InChI is InChI=1S/2C4H9.C3H4O4.Sn/c2*1-3-4-2;4-2(5)1-3(6)7;/h2*1,3-4H2,2H3;1H2,(H,4,5)(H,6,7);. The van der Waals surface area contributed by atoms with Crippen molar-refractivity contribution in [2.24, 2.45) is 0 Å². The molecule has 0 atom stereocenters. The Morgan fingerprint density at radius 3 is 1.50 bits per heavy atom. The van der Waals surface area contributed by atoms with Gasteiger partial charge in [0.2, 0.25) is 0 Å². The van der Waals surface area contributed by atoms with Crippen LogP contribution in [0.3, 0.4) is 0 Å². The first kappa shape index (κ1) is 18.1. The minimum absolute atomic E-state index is 0.149. The van der Waals surface area contributed by atoms with E-state index in [2.05, 4.69) is 13.8 Å². The molecule has 94 valence electrons. The van der Waals surface area contributed by atoms with Gasteiger partial charge in [0, 0.05) is 0 Å². The van der Waals surface area contributed by atoms with E-state index in [0.29, 0.717) is 0 Å². The summed E-state index contributed by atoms with van der Waals surface area (Å²) in [5.74, 6) is -2.62. The molecule has 0 saturated carbocycles. The van der Waals surface area contributed by atoms with Gasteiger partial charge in [0.05, 0.1) is 0 Å². The smallest absolute Gasteiger partial charge is 0.314 e. The third-order valence-electron chi connectivity index (χ3n) is 1.72. The van der Waals surface area contributed by atoms with Crippen molar-refractivity contribution >= 4 is 33.1 Å². The number of carboxylic acid groups (broad SMARTS) is 2. The number of aliphatic carboxylic acids is 2. The molecular weight excluding hydrogens is 315 g/mol. The van der Waals surface area contributed by atoms with E-state index in [-0.39, 0.29) is 21.1 Å². The van der Waals surface area contributed by atoms with E-state index in [1.807, 2.05) is 0 Å². The van der Waals surface area contributed by atoms with Crippen LogP contribution in [0.1, 0.15) is 46.0 Å². The normalized spacial score (nSPS) is 9.12. The summed E-state index contributed by atoms with van der Waals surface area (Å²) in [4.78, 5) is 18.9. The Hall–Kier alpha value is -0.261. The zero-order chi connectivity index (χ0) is 12.8.